The van der Waals surface area contributed by atoms with E-state index in [1.54, 1.807) is 4.57 Å². The normalized spacial score (nSPS) is 17.2. The first kappa shape index (κ1) is 15.3. The van der Waals surface area contributed by atoms with Crippen molar-refractivity contribution in [3.05, 3.63) is 52.3 Å². The molecule has 1 atom stereocenters. The Morgan fingerprint density at radius 3 is 2.65 bits per heavy atom. The number of nitrogens with two attached hydrogens (primary N) is 1. The van der Waals surface area contributed by atoms with E-state index in [0.29, 0.717) is 25.3 Å². The zero-order valence-electron chi connectivity index (χ0n) is 12.8. The summed E-state index contributed by atoms with van der Waals surface area (Å²) in [4.78, 5) is 24.7. The highest BCUT2D eigenvalue weighted by molar-refractivity contribution is 6.01. The Hall–Kier alpha value is -2.60. The second kappa shape index (κ2) is 6.26. The molecule has 0 unspecified atom stereocenters. The maximum absolute atomic E-state index is 12.6. The van der Waals surface area contributed by atoms with E-state index < -0.39 is 5.91 Å². The fraction of sp³-hybridized carbons (Fsp3) is 0.294. The van der Waals surface area contributed by atoms with Crippen LogP contribution in [0, 0.1) is 0 Å². The molecule has 6 nitrogen and oxygen atoms in total. The van der Waals surface area contributed by atoms with Crippen molar-refractivity contribution in [1.82, 2.24) is 4.57 Å². The number of rotatable bonds is 4. The fourth-order valence-electron chi connectivity index (χ4n) is 2.97. The van der Waals surface area contributed by atoms with Gasteiger partial charge in [0, 0.05) is 12.7 Å². The van der Waals surface area contributed by atoms with E-state index in [0.717, 1.165) is 5.56 Å². The van der Waals surface area contributed by atoms with Crippen molar-refractivity contribution >= 4 is 5.91 Å². The number of primary amides is 1. The number of benzene rings is 1. The number of nitrogens with zero attached hydrogens (tertiary/aromatic N) is 1. The number of ether oxygens (including phenoxy) is 2. The second-order valence-corrected chi connectivity index (χ2v) is 5.39. The summed E-state index contributed by atoms with van der Waals surface area (Å²) >= 11 is 0. The number of hydrogen-bond donors (Lipinski definition) is 1. The first-order chi connectivity index (χ1) is 11.1. The van der Waals surface area contributed by atoms with Gasteiger partial charge in [0.15, 0.2) is 0 Å². The van der Waals surface area contributed by atoms with E-state index in [9.17, 15) is 9.59 Å². The molecule has 6 heteroatoms. The van der Waals surface area contributed by atoms with Crippen LogP contribution in [-0.4, -0.2) is 30.8 Å². The van der Waals surface area contributed by atoms with E-state index in [2.05, 4.69) is 0 Å². The molecule has 1 aliphatic heterocycles. The Bertz CT molecular complexity index is 777. The SMILES string of the molecule is COc1cc(=O)n([C@@H]2CCOC2)c(-c2ccccc2)c1C(N)=O. The molecule has 0 saturated carbocycles. The molecule has 1 amide bonds. The van der Waals surface area contributed by atoms with Gasteiger partial charge in [0.2, 0.25) is 0 Å². The lowest BCUT2D eigenvalue weighted by atomic mass is 10.0. The minimum atomic E-state index is -0.631. The quantitative estimate of drug-likeness (QED) is 0.929. The molecule has 23 heavy (non-hydrogen) atoms. The summed E-state index contributed by atoms with van der Waals surface area (Å²) in [5.74, 6) is -0.440. The molecular formula is C17H18N2O4. The molecule has 2 N–H and O–H groups in total. The largest absolute Gasteiger partial charge is 0.496 e. The lowest BCUT2D eigenvalue weighted by Gasteiger charge is -2.22. The van der Waals surface area contributed by atoms with Gasteiger partial charge in [-0.1, -0.05) is 30.3 Å². The van der Waals surface area contributed by atoms with Crippen molar-refractivity contribution in [2.45, 2.75) is 12.5 Å². The molecule has 0 bridgehead atoms. The summed E-state index contributed by atoms with van der Waals surface area (Å²) in [6.45, 7) is 1.02. The smallest absolute Gasteiger partial charge is 0.255 e. The number of carbonyl (C=O) groups is 1. The summed E-state index contributed by atoms with van der Waals surface area (Å²) < 4.78 is 12.2. The summed E-state index contributed by atoms with van der Waals surface area (Å²) in [7, 11) is 1.42. The first-order valence-electron chi connectivity index (χ1n) is 7.40. The highest BCUT2D eigenvalue weighted by Crippen LogP contribution is 2.32. The number of methoxy groups -OCH3 is 1. The molecule has 120 valence electrons. The van der Waals surface area contributed by atoms with Crippen LogP contribution >= 0.6 is 0 Å². The van der Waals surface area contributed by atoms with E-state index in [1.165, 1.54) is 13.2 Å². The van der Waals surface area contributed by atoms with Crippen LogP contribution in [0.4, 0.5) is 0 Å². The number of amides is 1. The van der Waals surface area contributed by atoms with Crippen molar-refractivity contribution in [2.75, 3.05) is 20.3 Å². The predicted molar refractivity (Wildman–Crippen MR) is 85.7 cm³/mol. The van der Waals surface area contributed by atoms with Crippen LogP contribution in [-0.2, 0) is 4.74 Å². The Morgan fingerprint density at radius 2 is 2.09 bits per heavy atom. The maximum atomic E-state index is 12.6. The molecular weight excluding hydrogens is 296 g/mol. The van der Waals surface area contributed by atoms with Gasteiger partial charge in [0.1, 0.15) is 11.3 Å². The van der Waals surface area contributed by atoms with E-state index in [4.69, 9.17) is 15.2 Å². The highest BCUT2D eigenvalue weighted by atomic mass is 16.5. The van der Waals surface area contributed by atoms with Crippen LogP contribution in [0.15, 0.2) is 41.2 Å². The Kier molecular flexibility index (Phi) is 4.16. The lowest BCUT2D eigenvalue weighted by Crippen LogP contribution is -2.30. The van der Waals surface area contributed by atoms with Gasteiger partial charge < -0.3 is 19.8 Å². The van der Waals surface area contributed by atoms with Gasteiger partial charge in [-0.05, 0) is 12.0 Å². The summed E-state index contributed by atoms with van der Waals surface area (Å²) in [6.07, 6.45) is 0.713. The van der Waals surface area contributed by atoms with Crippen molar-refractivity contribution in [3.8, 4) is 17.0 Å². The molecule has 0 aliphatic carbocycles. The van der Waals surface area contributed by atoms with Crippen molar-refractivity contribution in [3.63, 3.8) is 0 Å². The van der Waals surface area contributed by atoms with Gasteiger partial charge in [-0.2, -0.15) is 0 Å². The first-order valence-corrected chi connectivity index (χ1v) is 7.40. The molecule has 1 aromatic heterocycles. The third-order valence-corrected chi connectivity index (χ3v) is 4.00. The molecule has 0 radical (unpaired) electrons. The predicted octanol–water partition coefficient (Wildman–Crippen LogP) is 1.58. The standard InChI is InChI=1S/C17H18N2O4/c1-22-13-9-14(20)19(12-7-8-23-10-12)16(15(13)17(18)21)11-5-3-2-4-6-11/h2-6,9,12H,7-8,10H2,1H3,(H2,18,21)/t12-/m1/s1. The Morgan fingerprint density at radius 1 is 1.35 bits per heavy atom. The van der Waals surface area contributed by atoms with E-state index in [1.807, 2.05) is 30.3 Å². The highest BCUT2D eigenvalue weighted by Gasteiger charge is 2.27. The second-order valence-electron chi connectivity index (χ2n) is 5.39. The molecule has 2 heterocycles. The Labute approximate surface area is 133 Å². The number of carbonyl (C=O) groups excluding carboxylic acids is 1. The minimum absolute atomic E-state index is 0.123. The molecule has 1 fully saturated rings. The van der Waals surface area contributed by atoms with Gasteiger partial charge in [-0.25, -0.2) is 0 Å². The summed E-state index contributed by atoms with van der Waals surface area (Å²) in [5.41, 5.74) is 6.78. The van der Waals surface area contributed by atoms with Crippen LogP contribution < -0.4 is 16.0 Å². The van der Waals surface area contributed by atoms with Crippen LogP contribution in [0.3, 0.4) is 0 Å². The van der Waals surface area contributed by atoms with Crippen molar-refractivity contribution < 1.29 is 14.3 Å². The molecule has 1 saturated heterocycles. The lowest BCUT2D eigenvalue weighted by molar-refractivity contribution is 0.0997. The third kappa shape index (κ3) is 2.73. The average molecular weight is 314 g/mol. The monoisotopic (exact) mass is 314 g/mol. The number of hydrogen-bond acceptors (Lipinski definition) is 4. The summed E-state index contributed by atoms with van der Waals surface area (Å²) in [5, 5.41) is 0. The van der Waals surface area contributed by atoms with Gasteiger partial charge in [0.05, 0.1) is 25.5 Å². The van der Waals surface area contributed by atoms with Crippen LogP contribution in [0.5, 0.6) is 5.75 Å². The zero-order valence-corrected chi connectivity index (χ0v) is 12.8. The minimum Gasteiger partial charge on any atom is -0.496 e. The van der Waals surface area contributed by atoms with E-state index >= 15 is 0 Å². The van der Waals surface area contributed by atoms with E-state index in [-0.39, 0.29) is 22.9 Å². The van der Waals surface area contributed by atoms with Gasteiger partial charge in [-0.15, -0.1) is 0 Å². The summed E-state index contributed by atoms with van der Waals surface area (Å²) in [6, 6.07) is 10.4. The zero-order chi connectivity index (χ0) is 16.4. The molecule has 2 aromatic rings. The van der Waals surface area contributed by atoms with Crippen molar-refractivity contribution in [1.29, 1.82) is 0 Å². The van der Waals surface area contributed by atoms with Gasteiger partial charge in [0.25, 0.3) is 11.5 Å². The van der Waals surface area contributed by atoms with Crippen LogP contribution in [0.25, 0.3) is 11.3 Å². The topological polar surface area (TPSA) is 83.6 Å². The average Bonchev–Trinajstić information content (AvgIpc) is 3.08. The molecule has 0 spiro atoms. The molecule has 1 aliphatic rings. The molecule has 1 aromatic carbocycles. The Balaban J connectivity index is 2.36. The van der Waals surface area contributed by atoms with Gasteiger partial charge >= 0.3 is 0 Å². The number of aromatic nitrogens is 1. The molecule has 3 rings (SSSR count). The fourth-order valence-corrected chi connectivity index (χ4v) is 2.97. The van der Waals surface area contributed by atoms with Crippen LogP contribution in [0.1, 0.15) is 22.8 Å². The van der Waals surface area contributed by atoms with Gasteiger partial charge in [-0.3, -0.25) is 9.59 Å². The van der Waals surface area contributed by atoms with Crippen LogP contribution in [0.2, 0.25) is 0 Å². The maximum Gasteiger partial charge on any atom is 0.255 e. The number of pyridine rings is 1. The van der Waals surface area contributed by atoms with Crippen molar-refractivity contribution in [2.24, 2.45) is 5.73 Å². The third-order valence-electron chi connectivity index (χ3n) is 4.00.